The molecule has 0 fully saturated rings. The number of Topliss-reactive ketones (excluding diaryl/α,β-unsaturated/α-hetero) is 1. The van der Waals surface area contributed by atoms with Crippen molar-refractivity contribution in [2.45, 2.75) is 12.5 Å². The van der Waals surface area contributed by atoms with Crippen LogP contribution >= 0.6 is 11.6 Å². The molecule has 1 aromatic carbocycles. The van der Waals surface area contributed by atoms with Crippen molar-refractivity contribution in [3.05, 3.63) is 70.5 Å². The first kappa shape index (κ1) is 20.3. The van der Waals surface area contributed by atoms with Gasteiger partial charge >= 0.3 is 0 Å². The maximum atomic E-state index is 13.3. The van der Waals surface area contributed by atoms with E-state index in [2.05, 4.69) is 0 Å². The maximum Gasteiger partial charge on any atom is 0.290 e. The molecule has 0 spiro atoms. The fourth-order valence-electron chi connectivity index (χ4n) is 3.68. The van der Waals surface area contributed by atoms with Crippen LogP contribution in [0, 0.1) is 0 Å². The van der Waals surface area contributed by atoms with E-state index >= 15 is 0 Å². The van der Waals surface area contributed by atoms with Gasteiger partial charge in [0.15, 0.2) is 11.5 Å². The molecule has 0 saturated carbocycles. The summed E-state index contributed by atoms with van der Waals surface area (Å²) in [6, 6.07) is 9.11. The Morgan fingerprint density at radius 1 is 1.27 bits per heavy atom. The molecular weight excluding hydrogens is 408 g/mol. The Hall–Kier alpha value is -3.03. The number of furan rings is 2. The highest BCUT2D eigenvalue weighted by Gasteiger charge is 2.45. The molecule has 156 valence electrons. The summed E-state index contributed by atoms with van der Waals surface area (Å²) in [5, 5.41) is 11.8. The van der Waals surface area contributed by atoms with Crippen molar-refractivity contribution < 1.29 is 23.5 Å². The van der Waals surface area contributed by atoms with Gasteiger partial charge in [-0.2, -0.15) is 0 Å². The number of fused-ring (bicyclic) bond motifs is 1. The van der Waals surface area contributed by atoms with Crippen molar-refractivity contribution in [3.8, 4) is 0 Å². The predicted molar refractivity (Wildman–Crippen MR) is 112 cm³/mol. The molecule has 1 amide bonds. The van der Waals surface area contributed by atoms with E-state index in [0.29, 0.717) is 34.7 Å². The van der Waals surface area contributed by atoms with Gasteiger partial charge < -0.3 is 23.7 Å². The van der Waals surface area contributed by atoms with E-state index in [9.17, 15) is 14.7 Å². The third kappa shape index (κ3) is 3.62. The molecule has 1 aliphatic rings. The summed E-state index contributed by atoms with van der Waals surface area (Å²) in [5.74, 6) is -1.32. The monoisotopic (exact) mass is 428 g/mol. The van der Waals surface area contributed by atoms with Crippen LogP contribution in [0.15, 0.2) is 62.8 Å². The molecule has 0 saturated heterocycles. The van der Waals surface area contributed by atoms with Crippen molar-refractivity contribution >= 4 is 34.3 Å². The molecule has 1 atom stereocenters. The number of amides is 1. The van der Waals surface area contributed by atoms with Crippen molar-refractivity contribution in [3.63, 3.8) is 0 Å². The van der Waals surface area contributed by atoms with Crippen LogP contribution in [0.5, 0.6) is 0 Å². The molecule has 7 nitrogen and oxygen atoms in total. The molecule has 3 heterocycles. The lowest BCUT2D eigenvalue weighted by molar-refractivity contribution is -0.129. The van der Waals surface area contributed by atoms with Gasteiger partial charge in [-0.1, -0.05) is 11.6 Å². The Kier molecular flexibility index (Phi) is 5.40. The minimum absolute atomic E-state index is 0.0216. The number of carbonyl (C=O) groups excluding carboxylic acids is 2. The van der Waals surface area contributed by atoms with Gasteiger partial charge in [0.2, 0.25) is 5.78 Å². The number of rotatable bonds is 7. The van der Waals surface area contributed by atoms with E-state index in [-0.39, 0.29) is 11.3 Å². The molecule has 0 bridgehead atoms. The lowest BCUT2D eigenvalue weighted by Gasteiger charge is -2.25. The molecule has 0 aliphatic carbocycles. The summed E-state index contributed by atoms with van der Waals surface area (Å²) < 4.78 is 11.2. The Bertz CT molecular complexity index is 1130. The summed E-state index contributed by atoms with van der Waals surface area (Å²) in [4.78, 5) is 29.6. The van der Waals surface area contributed by atoms with Crippen LogP contribution in [-0.2, 0) is 4.79 Å². The van der Waals surface area contributed by atoms with Gasteiger partial charge in [0.25, 0.3) is 5.91 Å². The maximum absolute atomic E-state index is 13.3. The fourth-order valence-corrected chi connectivity index (χ4v) is 3.86. The Morgan fingerprint density at radius 2 is 2.07 bits per heavy atom. The average molecular weight is 429 g/mol. The van der Waals surface area contributed by atoms with E-state index in [1.807, 2.05) is 19.0 Å². The average Bonchev–Trinajstić information content (AvgIpc) is 3.41. The van der Waals surface area contributed by atoms with Crippen LogP contribution < -0.4 is 0 Å². The largest absolute Gasteiger partial charge is 0.503 e. The lowest BCUT2D eigenvalue weighted by atomic mass is 9.99. The standard InChI is InChI=1S/C22H21ClN2O5/c1-24(2)8-4-9-25-19(16-5-3-10-29-16)18(21(27)22(25)28)20(26)17-12-13-11-14(23)6-7-15(13)30-17/h3,5-7,10-12,19,27H,4,8-9H2,1-2H3. The SMILES string of the molecule is CN(C)CCCN1C(=O)C(O)=C(C(=O)c2cc3cc(Cl)ccc3o2)C1c1ccco1. The van der Waals surface area contributed by atoms with Gasteiger partial charge in [0.1, 0.15) is 17.4 Å². The zero-order valence-corrected chi connectivity index (χ0v) is 17.3. The molecule has 0 radical (unpaired) electrons. The zero-order chi connectivity index (χ0) is 21.4. The molecule has 1 N–H and O–H groups in total. The molecular formula is C22H21ClN2O5. The third-order valence-electron chi connectivity index (χ3n) is 5.07. The highest BCUT2D eigenvalue weighted by molar-refractivity contribution is 6.31. The van der Waals surface area contributed by atoms with E-state index < -0.39 is 23.5 Å². The third-order valence-corrected chi connectivity index (χ3v) is 5.30. The quantitative estimate of drug-likeness (QED) is 0.567. The number of ketones is 1. The van der Waals surface area contributed by atoms with Gasteiger partial charge in [-0.05, 0) is 63.5 Å². The Labute approximate surface area is 178 Å². The number of nitrogens with zero attached hydrogens (tertiary/aromatic N) is 2. The van der Waals surface area contributed by atoms with Gasteiger partial charge in [0.05, 0.1) is 11.8 Å². The van der Waals surface area contributed by atoms with E-state index in [4.69, 9.17) is 20.4 Å². The van der Waals surface area contributed by atoms with Gasteiger partial charge in [-0.15, -0.1) is 0 Å². The first-order chi connectivity index (χ1) is 14.4. The van der Waals surface area contributed by atoms with E-state index in [0.717, 1.165) is 6.54 Å². The highest BCUT2D eigenvalue weighted by atomic mass is 35.5. The van der Waals surface area contributed by atoms with Crippen molar-refractivity contribution in [2.24, 2.45) is 0 Å². The summed E-state index contributed by atoms with van der Waals surface area (Å²) in [7, 11) is 3.88. The van der Waals surface area contributed by atoms with Crippen LogP contribution in [0.4, 0.5) is 0 Å². The van der Waals surface area contributed by atoms with Crippen LogP contribution in [-0.4, -0.2) is 53.8 Å². The number of halogens is 1. The first-order valence-electron chi connectivity index (χ1n) is 9.53. The van der Waals surface area contributed by atoms with Crippen molar-refractivity contribution in [1.82, 2.24) is 9.80 Å². The van der Waals surface area contributed by atoms with Gasteiger partial charge in [0, 0.05) is 17.0 Å². The molecule has 30 heavy (non-hydrogen) atoms. The summed E-state index contributed by atoms with van der Waals surface area (Å²) >= 11 is 6.01. The van der Waals surface area contributed by atoms with Crippen LogP contribution in [0.3, 0.4) is 0 Å². The molecule has 1 aliphatic heterocycles. The van der Waals surface area contributed by atoms with Crippen LogP contribution in [0.2, 0.25) is 5.02 Å². The number of benzene rings is 1. The minimum atomic E-state index is -0.820. The number of hydrogen-bond donors (Lipinski definition) is 1. The molecule has 4 rings (SSSR count). The van der Waals surface area contributed by atoms with E-state index in [1.165, 1.54) is 11.2 Å². The molecule has 3 aromatic rings. The van der Waals surface area contributed by atoms with Crippen molar-refractivity contribution in [1.29, 1.82) is 0 Å². The second-order valence-electron chi connectivity index (χ2n) is 7.46. The Morgan fingerprint density at radius 3 is 2.77 bits per heavy atom. The van der Waals surface area contributed by atoms with E-state index in [1.54, 1.807) is 36.4 Å². The summed E-state index contributed by atoms with van der Waals surface area (Å²) in [5.41, 5.74) is 0.439. The van der Waals surface area contributed by atoms with Crippen LogP contribution in [0.25, 0.3) is 11.0 Å². The second kappa shape index (κ2) is 8.01. The lowest BCUT2D eigenvalue weighted by Crippen LogP contribution is -2.33. The van der Waals surface area contributed by atoms with Crippen LogP contribution in [0.1, 0.15) is 28.8 Å². The normalized spacial score (nSPS) is 17.0. The second-order valence-corrected chi connectivity index (χ2v) is 7.89. The van der Waals surface area contributed by atoms with Crippen molar-refractivity contribution in [2.75, 3.05) is 27.2 Å². The summed E-state index contributed by atoms with van der Waals surface area (Å²) in [6.45, 7) is 1.11. The summed E-state index contributed by atoms with van der Waals surface area (Å²) in [6.07, 6.45) is 2.15. The number of carbonyl (C=O) groups is 2. The predicted octanol–water partition coefficient (Wildman–Crippen LogP) is 4.21. The number of aliphatic hydroxyl groups excluding tert-OH is 1. The van der Waals surface area contributed by atoms with Gasteiger partial charge in [-0.3, -0.25) is 9.59 Å². The Balaban J connectivity index is 1.71. The molecule has 8 heteroatoms. The first-order valence-corrected chi connectivity index (χ1v) is 9.90. The smallest absolute Gasteiger partial charge is 0.290 e. The molecule has 1 unspecified atom stereocenters. The number of hydrogen-bond acceptors (Lipinski definition) is 6. The molecule has 2 aromatic heterocycles. The van der Waals surface area contributed by atoms with Gasteiger partial charge in [-0.25, -0.2) is 0 Å². The highest BCUT2D eigenvalue weighted by Crippen LogP contribution is 2.40. The zero-order valence-electron chi connectivity index (χ0n) is 16.6. The minimum Gasteiger partial charge on any atom is -0.503 e. The number of aliphatic hydroxyl groups is 1. The topological polar surface area (TPSA) is 87.1 Å². The fraction of sp³-hybridized carbons (Fsp3) is 0.273.